The van der Waals surface area contributed by atoms with Crippen LogP contribution in [-0.4, -0.2) is 11.9 Å². The molecule has 0 aliphatic carbocycles. The minimum absolute atomic E-state index is 0.0174. The van der Waals surface area contributed by atoms with E-state index in [0.717, 1.165) is 18.4 Å². The maximum Gasteiger partial charge on any atom is 0.251 e. The fourth-order valence-electron chi connectivity index (χ4n) is 1.65. The van der Waals surface area contributed by atoms with Crippen molar-refractivity contribution in [2.24, 2.45) is 5.73 Å². The first-order chi connectivity index (χ1) is 7.67. The zero-order valence-electron chi connectivity index (χ0n) is 9.99. The minimum atomic E-state index is -0.0174. The Labute approximate surface area is 97.0 Å². The normalized spacial score (nSPS) is 12.2. The molecule has 1 aromatic carbocycles. The van der Waals surface area contributed by atoms with Gasteiger partial charge in [-0.1, -0.05) is 25.5 Å². The zero-order valence-corrected chi connectivity index (χ0v) is 9.99. The molecule has 88 valence electrons. The molecule has 0 aliphatic heterocycles. The summed E-state index contributed by atoms with van der Waals surface area (Å²) in [7, 11) is 0. The molecule has 0 aliphatic rings. The largest absolute Gasteiger partial charge is 0.350 e. The maximum atomic E-state index is 11.8. The smallest absolute Gasteiger partial charge is 0.251 e. The van der Waals surface area contributed by atoms with Gasteiger partial charge in [-0.25, -0.2) is 0 Å². The highest BCUT2D eigenvalue weighted by molar-refractivity contribution is 5.94. The van der Waals surface area contributed by atoms with Crippen molar-refractivity contribution < 1.29 is 4.79 Å². The van der Waals surface area contributed by atoms with E-state index in [-0.39, 0.29) is 11.9 Å². The molecule has 1 rings (SSSR count). The van der Waals surface area contributed by atoms with Gasteiger partial charge in [-0.05, 0) is 31.0 Å². The molecule has 0 bridgehead atoms. The summed E-state index contributed by atoms with van der Waals surface area (Å²) < 4.78 is 0. The van der Waals surface area contributed by atoms with E-state index >= 15 is 0 Å². The molecule has 3 N–H and O–H groups in total. The lowest BCUT2D eigenvalue weighted by molar-refractivity contribution is 0.0938. The number of carbonyl (C=O) groups is 1. The second-order valence-corrected chi connectivity index (χ2v) is 4.07. The van der Waals surface area contributed by atoms with E-state index in [1.807, 2.05) is 31.2 Å². The van der Waals surface area contributed by atoms with Crippen molar-refractivity contribution in [2.45, 2.75) is 39.3 Å². The molecule has 16 heavy (non-hydrogen) atoms. The van der Waals surface area contributed by atoms with Gasteiger partial charge >= 0.3 is 0 Å². The molecule has 0 spiro atoms. The molecule has 0 saturated carbocycles. The van der Waals surface area contributed by atoms with Gasteiger partial charge in [0, 0.05) is 18.2 Å². The van der Waals surface area contributed by atoms with Crippen LogP contribution in [0.5, 0.6) is 0 Å². The third-order valence-electron chi connectivity index (χ3n) is 2.52. The summed E-state index contributed by atoms with van der Waals surface area (Å²) >= 11 is 0. The lowest BCUT2D eigenvalue weighted by Crippen LogP contribution is -2.32. The van der Waals surface area contributed by atoms with Crippen LogP contribution >= 0.6 is 0 Å². The van der Waals surface area contributed by atoms with Crippen LogP contribution in [0, 0.1) is 0 Å². The van der Waals surface area contributed by atoms with E-state index in [1.165, 1.54) is 0 Å². The summed E-state index contributed by atoms with van der Waals surface area (Å²) in [4.78, 5) is 11.8. The van der Waals surface area contributed by atoms with Crippen molar-refractivity contribution >= 4 is 5.91 Å². The molecule has 3 heteroatoms. The summed E-state index contributed by atoms with van der Waals surface area (Å²) in [5.74, 6) is -0.0174. The second kappa shape index (κ2) is 6.28. The number of hydrogen-bond acceptors (Lipinski definition) is 2. The summed E-state index contributed by atoms with van der Waals surface area (Å²) in [6, 6.07) is 7.66. The molecular weight excluding hydrogens is 200 g/mol. The van der Waals surface area contributed by atoms with Crippen molar-refractivity contribution in [1.82, 2.24) is 5.32 Å². The first kappa shape index (κ1) is 12.7. The number of nitrogens with two attached hydrogens (primary N) is 1. The Morgan fingerprint density at radius 2 is 2.25 bits per heavy atom. The summed E-state index contributed by atoms with van der Waals surface area (Å²) in [5.41, 5.74) is 7.20. The van der Waals surface area contributed by atoms with E-state index in [1.54, 1.807) is 0 Å². The SMILES string of the molecule is CCCC(C)NC(=O)c1cccc(CN)c1. The molecule has 1 atom stereocenters. The highest BCUT2D eigenvalue weighted by Gasteiger charge is 2.08. The van der Waals surface area contributed by atoms with Crippen LogP contribution < -0.4 is 11.1 Å². The van der Waals surface area contributed by atoms with Crippen LogP contribution in [0.25, 0.3) is 0 Å². The van der Waals surface area contributed by atoms with Gasteiger partial charge in [-0.3, -0.25) is 4.79 Å². The van der Waals surface area contributed by atoms with Gasteiger partial charge in [-0.2, -0.15) is 0 Å². The Morgan fingerprint density at radius 1 is 1.50 bits per heavy atom. The summed E-state index contributed by atoms with van der Waals surface area (Å²) in [6.07, 6.45) is 2.08. The molecule has 0 saturated heterocycles. The van der Waals surface area contributed by atoms with Crippen molar-refractivity contribution in [3.63, 3.8) is 0 Å². The molecule has 0 radical (unpaired) electrons. The van der Waals surface area contributed by atoms with E-state index < -0.39 is 0 Å². The molecule has 0 heterocycles. The van der Waals surface area contributed by atoms with Crippen LogP contribution in [-0.2, 0) is 6.54 Å². The monoisotopic (exact) mass is 220 g/mol. The van der Waals surface area contributed by atoms with Crippen LogP contribution in [0.4, 0.5) is 0 Å². The number of benzene rings is 1. The molecule has 1 unspecified atom stereocenters. The van der Waals surface area contributed by atoms with Crippen LogP contribution in [0.15, 0.2) is 24.3 Å². The number of nitrogens with one attached hydrogen (secondary N) is 1. The fourth-order valence-corrected chi connectivity index (χ4v) is 1.65. The number of hydrogen-bond donors (Lipinski definition) is 2. The topological polar surface area (TPSA) is 55.1 Å². The van der Waals surface area contributed by atoms with Gasteiger partial charge in [-0.15, -0.1) is 0 Å². The second-order valence-electron chi connectivity index (χ2n) is 4.07. The number of carbonyl (C=O) groups excluding carboxylic acids is 1. The zero-order chi connectivity index (χ0) is 12.0. The average Bonchev–Trinajstić information content (AvgIpc) is 2.29. The Kier molecular flexibility index (Phi) is 4.99. The maximum absolute atomic E-state index is 11.8. The lowest BCUT2D eigenvalue weighted by atomic mass is 10.1. The van der Waals surface area contributed by atoms with Gasteiger partial charge in [0.25, 0.3) is 5.91 Å². The number of amides is 1. The minimum Gasteiger partial charge on any atom is -0.350 e. The summed E-state index contributed by atoms with van der Waals surface area (Å²) in [5, 5.41) is 2.97. The predicted molar refractivity (Wildman–Crippen MR) is 66.2 cm³/mol. The molecule has 0 aromatic heterocycles. The highest BCUT2D eigenvalue weighted by atomic mass is 16.1. The summed E-state index contributed by atoms with van der Waals surface area (Å²) in [6.45, 7) is 4.59. The first-order valence-corrected chi connectivity index (χ1v) is 5.77. The highest BCUT2D eigenvalue weighted by Crippen LogP contribution is 2.05. The molecule has 1 amide bonds. The Hall–Kier alpha value is -1.35. The van der Waals surface area contributed by atoms with Crippen LogP contribution in [0.1, 0.15) is 42.6 Å². The van der Waals surface area contributed by atoms with Crippen molar-refractivity contribution in [3.8, 4) is 0 Å². The van der Waals surface area contributed by atoms with Crippen molar-refractivity contribution in [3.05, 3.63) is 35.4 Å². The van der Waals surface area contributed by atoms with Gasteiger partial charge in [0.15, 0.2) is 0 Å². The predicted octanol–water partition coefficient (Wildman–Crippen LogP) is 2.06. The van der Waals surface area contributed by atoms with E-state index in [0.29, 0.717) is 12.1 Å². The van der Waals surface area contributed by atoms with Crippen LogP contribution in [0.3, 0.4) is 0 Å². The molecule has 3 nitrogen and oxygen atoms in total. The van der Waals surface area contributed by atoms with Gasteiger partial charge in [0.05, 0.1) is 0 Å². The first-order valence-electron chi connectivity index (χ1n) is 5.77. The Balaban J connectivity index is 2.65. The van der Waals surface area contributed by atoms with Gasteiger partial charge in [0.2, 0.25) is 0 Å². The van der Waals surface area contributed by atoms with Gasteiger partial charge < -0.3 is 11.1 Å². The van der Waals surface area contributed by atoms with E-state index in [2.05, 4.69) is 12.2 Å². The van der Waals surface area contributed by atoms with Crippen molar-refractivity contribution in [1.29, 1.82) is 0 Å². The average molecular weight is 220 g/mol. The third kappa shape index (κ3) is 3.66. The van der Waals surface area contributed by atoms with E-state index in [9.17, 15) is 4.79 Å². The van der Waals surface area contributed by atoms with Crippen LogP contribution in [0.2, 0.25) is 0 Å². The molecular formula is C13H20N2O. The molecule has 1 aromatic rings. The fraction of sp³-hybridized carbons (Fsp3) is 0.462. The number of rotatable bonds is 5. The Morgan fingerprint density at radius 3 is 2.88 bits per heavy atom. The van der Waals surface area contributed by atoms with E-state index in [4.69, 9.17) is 5.73 Å². The quantitative estimate of drug-likeness (QED) is 0.798. The van der Waals surface area contributed by atoms with Crippen molar-refractivity contribution in [2.75, 3.05) is 0 Å². The lowest BCUT2D eigenvalue weighted by Gasteiger charge is -2.13. The Bertz CT molecular complexity index is 350. The third-order valence-corrected chi connectivity index (χ3v) is 2.52. The van der Waals surface area contributed by atoms with Gasteiger partial charge in [0.1, 0.15) is 0 Å². The molecule has 0 fully saturated rings. The standard InChI is InChI=1S/C13H20N2O/c1-3-5-10(2)15-13(16)12-7-4-6-11(8-12)9-14/h4,6-8,10H,3,5,9,14H2,1-2H3,(H,15,16).